The average molecular weight is 396 g/mol. The molecule has 0 atom stereocenters. The van der Waals surface area contributed by atoms with Crippen LogP contribution in [0.5, 0.6) is 0 Å². The molecule has 0 radical (unpaired) electrons. The van der Waals surface area contributed by atoms with Gasteiger partial charge in [-0.15, -0.1) is 0 Å². The van der Waals surface area contributed by atoms with Crippen LogP contribution < -0.4 is 17.0 Å². The van der Waals surface area contributed by atoms with Crippen molar-refractivity contribution < 1.29 is 4.52 Å². The van der Waals surface area contributed by atoms with Crippen LogP contribution in [0.1, 0.15) is 69.3 Å². The summed E-state index contributed by atoms with van der Waals surface area (Å²) >= 11 is 0. The summed E-state index contributed by atoms with van der Waals surface area (Å²) in [6.07, 6.45) is 6.52. The number of H-pyrrole nitrogens is 1. The smallest absolute Gasteiger partial charge is 0.329 e. The lowest BCUT2D eigenvalue weighted by molar-refractivity contribution is 0.373. The molecule has 0 saturated heterocycles. The maximum Gasteiger partial charge on any atom is 0.329 e. The van der Waals surface area contributed by atoms with Gasteiger partial charge in [-0.25, -0.2) is 9.78 Å². The first-order valence-electron chi connectivity index (χ1n) is 10.3. The standard InChI is InChI=1S/C20H24N6O3/c1-2-9-26-15-14(16(27)23-19(26)28)12(10-13(22-15)11-5-6-11)17-24-18(25-29-17)20(21)7-3-4-8-20/h10-11H,2-9,21H2,1H3,(H,23,27,28). The van der Waals surface area contributed by atoms with Gasteiger partial charge in [0.05, 0.1) is 16.5 Å². The Morgan fingerprint density at radius 2 is 2.03 bits per heavy atom. The van der Waals surface area contributed by atoms with Gasteiger partial charge in [-0.05, 0) is 38.2 Å². The number of hydrogen-bond donors (Lipinski definition) is 2. The van der Waals surface area contributed by atoms with Gasteiger partial charge in [-0.1, -0.05) is 24.9 Å². The maximum atomic E-state index is 12.7. The highest BCUT2D eigenvalue weighted by atomic mass is 16.5. The molecule has 0 amide bonds. The molecule has 9 nitrogen and oxygen atoms in total. The monoisotopic (exact) mass is 396 g/mol. The third-order valence-corrected chi connectivity index (χ3v) is 6.01. The number of aromatic nitrogens is 5. The summed E-state index contributed by atoms with van der Waals surface area (Å²) in [6, 6.07) is 1.85. The summed E-state index contributed by atoms with van der Waals surface area (Å²) < 4.78 is 7.09. The van der Waals surface area contributed by atoms with Gasteiger partial charge >= 0.3 is 5.69 Å². The van der Waals surface area contributed by atoms with Crippen LogP contribution in [0.2, 0.25) is 0 Å². The molecule has 9 heteroatoms. The van der Waals surface area contributed by atoms with E-state index in [-0.39, 0.29) is 5.89 Å². The van der Waals surface area contributed by atoms with Crippen LogP contribution in [0.15, 0.2) is 20.2 Å². The van der Waals surface area contributed by atoms with Gasteiger partial charge in [0.1, 0.15) is 0 Å². The van der Waals surface area contributed by atoms with Crippen LogP contribution in [0.3, 0.4) is 0 Å². The number of nitrogens with two attached hydrogens (primary N) is 1. The minimum atomic E-state index is -0.583. The van der Waals surface area contributed by atoms with Crippen LogP contribution in [0.4, 0.5) is 0 Å². The number of aryl methyl sites for hydroxylation is 1. The Balaban J connectivity index is 1.75. The SMILES string of the molecule is CCCn1c(=O)[nH]c(=O)c2c(-c3nc(C4(N)CCCC4)no3)cc(C3CC3)nc21. The molecule has 2 fully saturated rings. The average Bonchev–Trinajstić information content (AvgIpc) is 3.25. The summed E-state index contributed by atoms with van der Waals surface area (Å²) in [5.41, 5.74) is 6.69. The van der Waals surface area contributed by atoms with E-state index in [9.17, 15) is 9.59 Å². The summed E-state index contributed by atoms with van der Waals surface area (Å²) in [7, 11) is 0. The number of fused-ring (bicyclic) bond motifs is 1. The molecule has 2 saturated carbocycles. The van der Waals surface area contributed by atoms with E-state index in [4.69, 9.17) is 10.3 Å². The molecule has 0 aromatic carbocycles. The Kier molecular flexibility index (Phi) is 4.16. The first-order valence-corrected chi connectivity index (χ1v) is 10.3. The van der Waals surface area contributed by atoms with E-state index in [1.165, 1.54) is 4.57 Å². The Hall–Kier alpha value is -2.81. The fourth-order valence-corrected chi connectivity index (χ4v) is 4.25. The van der Waals surface area contributed by atoms with Crippen LogP contribution >= 0.6 is 0 Å². The Labute approximate surface area is 166 Å². The molecule has 2 aliphatic rings. The Morgan fingerprint density at radius 3 is 2.72 bits per heavy atom. The zero-order chi connectivity index (χ0) is 20.2. The highest BCUT2D eigenvalue weighted by Crippen LogP contribution is 2.41. The molecule has 3 aromatic rings. The van der Waals surface area contributed by atoms with Crippen molar-refractivity contribution in [2.75, 3.05) is 0 Å². The second-order valence-electron chi connectivity index (χ2n) is 8.26. The molecule has 0 unspecified atom stereocenters. The highest BCUT2D eigenvalue weighted by molar-refractivity contribution is 5.90. The van der Waals surface area contributed by atoms with Gasteiger partial charge in [-0.3, -0.25) is 14.3 Å². The Morgan fingerprint density at radius 1 is 1.28 bits per heavy atom. The van der Waals surface area contributed by atoms with Crippen molar-refractivity contribution in [3.63, 3.8) is 0 Å². The lowest BCUT2D eigenvalue weighted by Crippen LogP contribution is -2.34. The zero-order valence-electron chi connectivity index (χ0n) is 16.4. The largest absolute Gasteiger partial charge is 0.334 e. The van der Waals surface area contributed by atoms with E-state index in [0.717, 1.165) is 50.6 Å². The lowest BCUT2D eigenvalue weighted by Gasteiger charge is -2.17. The van der Waals surface area contributed by atoms with E-state index >= 15 is 0 Å². The van der Waals surface area contributed by atoms with Crippen LogP contribution in [0.25, 0.3) is 22.5 Å². The van der Waals surface area contributed by atoms with E-state index in [2.05, 4.69) is 20.1 Å². The van der Waals surface area contributed by atoms with E-state index < -0.39 is 16.8 Å². The molecule has 0 aliphatic heterocycles. The second kappa shape index (κ2) is 6.62. The predicted octanol–water partition coefficient (Wildman–Crippen LogP) is 2.15. The number of rotatable bonds is 5. The molecule has 29 heavy (non-hydrogen) atoms. The molecule has 3 heterocycles. The number of pyridine rings is 1. The van der Waals surface area contributed by atoms with E-state index in [1.807, 2.05) is 13.0 Å². The Bertz CT molecular complexity index is 1200. The van der Waals surface area contributed by atoms with Crippen molar-refractivity contribution in [1.29, 1.82) is 0 Å². The van der Waals surface area contributed by atoms with Crippen LogP contribution in [-0.2, 0) is 12.1 Å². The first-order chi connectivity index (χ1) is 14.0. The molecule has 3 aromatic heterocycles. The van der Waals surface area contributed by atoms with Gasteiger partial charge in [0, 0.05) is 18.2 Å². The van der Waals surface area contributed by atoms with Crippen molar-refractivity contribution >= 4 is 11.0 Å². The minimum absolute atomic E-state index is 0.248. The summed E-state index contributed by atoms with van der Waals surface area (Å²) in [4.78, 5) is 36.8. The van der Waals surface area contributed by atoms with Gasteiger partial charge in [-0.2, -0.15) is 4.98 Å². The quantitative estimate of drug-likeness (QED) is 0.675. The number of nitrogens with one attached hydrogen (secondary N) is 1. The third-order valence-electron chi connectivity index (χ3n) is 6.01. The summed E-state index contributed by atoms with van der Waals surface area (Å²) in [5, 5.41) is 4.44. The second-order valence-corrected chi connectivity index (χ2v) is 8.26. The van der Waals surface area contributed by atoms with Gasteiger partial charge in [0.2, 0.25) is 0 Å². The maximum absolute atomic E-state index is 12.7. The fourth-order valence-electron chi connectivity index (χ4n) is 4.25. The molecule has 0 spiro atoms. The fraction of sp³-hybridized carbons (Fsp3) is 0.550. The first kappa shape index (κ1) is 18.2. The molecule has 0 bridgehead atoms. The highest BCUT2D eigenvalue weighted by Gasteiger charge is 2.36. The van der Waals surface area contributed by atoms with Crippen LogP contribution in [-0.4, -0.2) is 24.7 Å². The number of nitrogens with zero attached hydrogens (tertiary/aromatic N) is 4. The molecule has 152 valence electrons. The number of hydrogen-bond acceptors (Lipinski definition) is 7. The molecule has 2 aliphatic carbocycles. The lowest BCUT2D eigenvalue weighted by atomic mass is 9.98. The normalized spacial score (nSPS) is 18.6. The number of aromatic amines is 1. The van der Waals surface area contributed by atoms with Crippen LogP contribution in [0, 0.1) is 0 Å². The minimum Gasteiger partial charge on any atom is -0.334 e. The predicted molar refractivity (Wildman–Crippen MR) is 107 cm³/mol. The molecule has 3 N–H and O–H groups in total. The summed E-state index contributed by atoms with van der Waals surface area (Å²) in [5.74, 6) is 1.06. The summed E-state index contributed by atoms with van der Waals surface area (Å²) in [6.45, 7) is 2.44. The zero-order valence-corrected chi connectivity index (χ0v) is 16.4. The van der Waals surface area contributed by atoms with Gasteiger partial charge < -0.3 is 10.3 Å². The van der Waals surface area contributed by atoms with Crippen molar-refractivity contribution in [2.45, 2.75) is 69.9 Å². The topological polar surface area (TPSA) is 133 Å². The van der Waals surface area contributed by atoms with Crippen molar-refractivity contribution in [3.05, 3.63) is 38.4 Å². The molecular formula is C20H24N6O3. The van der Waals surface area contributed by atoms with E-state index in [0.29, 0.717) is 34.9 Å². The van der Waals surface area contributed by atoms with Gasteiger partial charge in [0.25, 0.3) is 11.4 Å². The third kappa shape index (κ3) is 3.00. The van der Waals surface area contributed by atoms with Gasteiger partial charge in [0.15, 0.2) is 11.5 Å². The van der Waals surface area contributed by atoms with Crippen molar-refractivity contribution in [1.82, 2.24) is 24.7 Å². The van der Waals surface area contributed by atoms with Crippen molar-refractivity contribution in [3.8, 4) is 11.5 Å². The van der Waals surface area contributed by atoms with E-state index in [1.54, 1.807) is 0 Å². The van der Waals surface area contributed by atoms with Crippen molar-refractivity contribution in [2.24, 2.45) is 5.73 Å². The molecule has 5 rings (SSSR count). The molecular weight excluding hydrogens is 372 g/mol.